The molecule has 0 aromatic carbocycles. The molecule has 4 nitrogen and oxygen atoms in total. The normalized spacial score (nSPS) is 21.5. The Kier molecular flexibility index (Phi) is 5.40. The van der Waals surface area contributed by atoms with E-state index in [0.717, 1.165) is 32.5 Å². The molecule has 0 bridgehead atoms. The molecule has 1 heterocycles. The molecule has 1 atom stereocenters. The Morgan fingerprint density at radius 2 is 1.94 bits per heavy atom. The fourth-order valence-corrected chi connectivity index (χ4v) is 2.39. The van der Waals surface area contributed by atoms with Gasteiger partial charge in [0.15, 0.2) is 0 Å². The largest absolute Gasteiger partial charge is 0.343 e. The van der Waals surface area contributed by atoms with E-state index in [2.05, 4.69) is 23.6 Å². The minimum Gasteiger partial charge on any atom is -0.343 e. The summed E-state index contributed by atoms with van der Waals surface area (Å²) in [4.78, 5) is 18.7. The van der Waals surface area contributed by atoms with Crippen molar-refractivity contribution in [3.05, 3.63) is 0 Å². The standard InChI is InChI=1S/C13H27N3O/c1-11(2)16-8-6-7-12(16)13(17)15(5)10-9-14(3)4/h11-12H,6-10H2,1-5H3/t12-/m1/s1. The zero-order valence-corrected chi connectivity index (χ0v) is 11.9. The van der Waals surface area contributed by atoms with Gasteiger partial charge in [-0.1, -0.05) is 0 Å². The van der Waals surface area contributed by atoms with E-state index in [1.807, 2.05) is 26.0 Å². The van der Waals surface area contributed by atoms with Gasteiger partial charge in [-0.3, -0.25) is 9.69 Å². The third kappa shape index (κ3) is 3.96. The second-order valence-electron chi connectivity index (χ2n) is 5.55. The maximum atomic E-state index is 12.3. The maximum Gasteiger partial charge on any atom is 0.239 e. The molecule has 100 valence electrons. The van der Waals surface area contributed by atoms with Gasteiger partial charge >= 0.3 is 0 Å². The molecule has 0 saturated carbocycles. The first-order valence-corrected chi connectivity index (χ1v) is 6.59. The quantitative estimate of drug-likeness (QED) is 0.715. The molecule has 0 aromatic heterocycles. The van der Waals surface area contributed by atoms with Crippen molar-refractivity contribution in [2.75, 3.05) is 40.8 Å². The average Bonchev–Trinajstić information content (AvgIpc) is 2.73. The van der Waals surface area contributed by atoms with Gasteiger partial charge in [0, 0.05) is 26.2 Å². The van der Waals surface area contributed by atoms with Crippen LogP contribution in [0.25, 0.3) is 0 Å². The molecule has 0 radical (unpaired) electrons. The fourth-order valence-electron chi connectivity index (χ4n) is 2.39. The second kappa shape index (κ2) is 6.36. The van der Waals surface area contributed by atoms with Crippen molar-refractivity contribution >= 4 is 5.91 Å². The van der Waals surface area contributed by atoms with E-state index in [-0.39, 0.29) is 11.9 Å². The van der Waals surface area contributed by atoms with Crippen molar-refractivity contribution in [2.45, 2.75) is 38.8 Å². The Hall–Kier alpha value is -0.610. The Balaban J connectivity index is 2.50. The number of amides is 1. The highest BCUT2D eigenvalue weighted by atomic mass is 16.2. The van der Waals surface area contributed by atoms with Crippen LogP contribution in [0.15, 0.2) is 0 Å². The van der Waals surface area contributed by atoms with Crippen molar-refractivity contribution in [2.24, 2.45) is 0 Å². The van der Waals surface area contributed by atoms with Gasteiger partial charge in [0.05, 0.1) is 6.04 Å². The van der Waals surface area contributed by atoms with E-state index in [0.29, 0.717) is 6.04 Å². The summed E-state index contributed by atoms with van der Waals surface area (Å²) in [7, 11) is 5.99. The summed E-state index contributed by atoms with van der Waals surface area (Å²) in [6, 6.07) is 0.580. The van der Waals surface area contributed by atoms with Crippen LogP contribution >= 0.6 is 0 Å². The van der Waals surface area contributed by atoms with Gasteiger partial charge in [-0.25, -0.2) is 0 Å². The minimum atomic E-state index is 0.113. The first kappa shape index (κ1) is 14.5. The van der Waals surface area contributed by atoms with E-state index in [1.165, 1.54) is 0 Å². The average molecular weight is 241 g/mol. The Labute approximate surface area is 106 Å². The highest BCUT2D eigenvalue weighted by Gasteiger charge is 2.33. The Bertz CT molecular complexity index is 253. The van der Waals surface area contributed by atoms with Crippen LogP contribution in [0, 0.1) is 0 Å². The van der Waals surface area contributed by atoms with Crippen LogP contribution in [0.3, 0.4) is 0 Å². The number of hydrogen-bond donors (Lipinski definition) is 0. The lowest BCUT2D eigenvalue weighted by Crippen LogP contribution is -2.47. The van der Waals surface area contributed by atoms with Crippen molar-refractivity contribution in [3.63, 3.8) is 0 Å². The van der Waals surface area contributed by atoms with Gasteiger partial charge < -0.3 is 9.80 Å². The second-order valence-corrected chi connectivity index (χ2v) is 5.55. The molecule has 1 saturated heterocycles. The predicted molar refractivity (Wildman–Crippen MR) is 71.1 cm³/mol. The van der Waals surface area contributed by atoms with Gasteiger partial charge in [-0.05, 0) is 47.3 Å². The SMILES string of the molecule is CC(C)N1CCC[C@@H]1C(=O)N(C)CCN(C)C. The van der Waals surface area contributed by atoms with E-state index in [4.69, 9.17) is 0 Å². The molecule has 0 aromatic rings. The van der Waals surface area contributed by atoms with Crippen LogP contribution in [0.1, 0.15) is 26.7 Å². The molecule has 0 spiro atoms. The van der Waals surface area contributed by atoms with E-state index in [1.54, 1.807) is 0 Å². The molecule has 1 amide bonds. The first-order chi connectivity index (χ1) is 7.93. The summed E-state index contributed by atoms with van der Waals surface area (Å²) in [6.45, 7) is 7.15. The Morgan fingerprint density at radius 3 is 2.47 bits per heavy atom. The van der Waals surface area contributed by atoms with Crippen molar-refractivity contribution in [3.8, 4) is 0 Å². The molecule has 1 aliphatic heterocycles. The van der Waals surface area contributed by atoms with Crippen LogP contribution in [0.2, 0.25) is 0 Å². The van der Waals surface area contributed by atoms with Crippen molar-refractivity contribution in [1.29, 1.82) is 0 Å². The zero-order chi connectivity index (χ0) is 13.0. The summed E-state index contributed by atoms with van der Waals surface area (Å²) in [5.74, 6) is 0.290. The summed E-state index contributed by atoms with van der Waals surface area (Å²) in [5, 5.41) is 0. The molecule has 4 heteroatoms. The number of carbonyl (C=O) groups is 1. The summed E-state index contributed by atoms with van der Waals surface area (Å²) >= 11 is 0. The number of hydrogen-bond acceptors (Lipinski definition) is 3. The minimum absolute atomic E-state index is 0.113. The third-order valence-electron chi connectivity index (χ3n) is 3.50. The van der Waals surface area contributed by atoms with Crippen LogP contribution in [-0.4, -0.2) is 73.5 Å². The number of rotatable bonds is 5. The highest BCUT2D eigenvalue weighted by Crippen LogP contribution is 2.21. The molecule has 0 N–H and O–H groups in total. The smallest absolute Gasteiger partial charge is 0.239 e. The number of carbonyl (C=O) groups excluding carboxylic acids is 1. The molecule has 1 fully saturated rings. The lowest BCUT2D eigenvalue weighted by Gasteiger charge is -2.31. The lowest BCUT2D eigenvalue weighted by atomic mass is 10.1. The molecule has 17 heavy (non-hydrogen) atoms. The number of likely N-dealkylation sites (tertiary alicyclic amines) is 1. The van der Waals surface area contributed by atoms with Gasteiger partial charge in [0.2, 0.25) is 5.91 Å². The fraction of sp³-hybridized carbons (Fsp3) is 0.923. The zero-order valence-electron chi connectivity index (χ0n) is 11.9. The summed E-state index contributed by atoms with van der Waals surface area (Å²) in [6.07, 6.45) is 2.17. The van der Waals surface area contributed by atoms with Crippen molar-refractivity contribution < 1.29 is 4.79 Å². The Morgan fingerprint density at radius 1 is 1.29 bits per heavy atom. The molecule has 1 rings (SSSR count). The number of nitrogens with zero attached hydrogens (tertiary/aromatic N) is 3. The molecular formula is C13H27N3O. The van der Waals surface area contributed by atoms with Crippen molar-refractivity contribution in [1.82, 2.24) is 14.7 Å². The molecule has 0 aliphatic carbocycles. The van der Waals surface area contributed by atoms with E-state index in [9.17, 15) is 4.79 Å². The molecular weight excluding hydrogens is 214 g/mol. The van der Waals surface area contributed by atoms with Gasteiger partial charge in [-0.2, -0.15) is 0 Å². The highest BCUT2D eigenvalue weighted by molar-refractivity contribution is 5.82. The summed E-state index contributed by atoms with van der Waals surface area (Å²) in [5.41, 5.74) is 0. The third-order valence-corrected chi connectivity index (χ3v) is 3.50. The van der Waals surface area contributed by atoms with Crippen LogP contribution in [0.4, 0.5) is 0 Å². The number of likely N-dealkylation sites (N-methyl/N-ethyl adjacent to an activating group) is 2. The van der Waals surface area contributed by atoms with Gasteiger partial charge in [0.1, 0.15) is 0 Å². The first-order valence-electron chi connectivity index (χ1n) is 6.59. The van der Waals surface area contributed by atoms with Crippen LogP contribution < -0.4 is 0 Å². The summed E-state index contributed by atoms with van der Waals surface area (Å²) < 4.78 is 0. The molecule has 1 aliphatic rings. The van der Waals surface area contributed by atoms with Crippen LogP contribution in [-0.2, 0) is 4.79 Å². The van der Waals surface area contributed by atoms with E-state index >= 15 is 0 Å². The molecule has 0 unspecified atom stereocenters. The van der Waals surface area contributed by atoms with Crippen LogP contribution in [0.5, 0.6) is 0 Å². The maximum absolute atomic E-state index is 12.3. The topological polar surface area (TPSA) is 26.8 Å². The monoisotopic (exact) mass is 241 g/mol. The van der Waals surface area contributed by atoms with Gasteiger partial charge in [0.25, 0.3) is 0 Å². The van der Waals surface area contributed by atoms with E-state index < -0.39 is 0 Å². The predicted octanol–water partition coefficient (Wildman–Crippen LogP) is 0.879. The lowest BCUT2D eigenvalue weighted by molar-refractivity contribution is -0.135. The van der Waals surface area contributed by atoms with Gasteiger partial charge in [-0.15, -0.1) is 0 Å².